The van der Waals surface area contributed by atoms with Gasteiger partial charge >= 0.3 is 6.18 Å². The van der Waals surface area contributed by atoms with E-state index in [1.165, 1.54) is 12.1 Å². The third kappa shape index (κ3) is 3.64. The SMILES string of the molecule is FC(F)(F)c1cc(Cl)ccc1NCc1ccccc1. The topological polar surface area (TPSA) is 12.0 Å². The van der Waals surface area contributed by atoms with Gasteiger partial charge in [-0.15, -0.1) is 0 Å². The minimum atomic E-state index is -4.43. The Morgan fingerprint density at radius 3 is 2.32 bits per heavy atom. The maximum atomic E-state index is 12.9. The summed E-state index contributed by atoms with van der Waals surface area (Å²) in [6, 6.07) is 12.9. The lowest BCUT2D eigenvalue weighted by molar-refractivity contribution is -0.136. The van der Waals surface area contributed by atoms with Crippen molar-refractivity contribution < 1.29 is 13.2 Å². The number of halogens is 4. The summed E-state index contributed by atoms with van der Waals surface area (Å²) in [6.07, 6.45) is -4.43. The van der Waals surface area contributed by atoms with Crippen LogP contribution in [0.4, 0.5) is 18.9 Å². The molecule has 19 heavy (non-hydrogen) atoms. The predicted octanol–water partition coefficient (Wildman–Crippen LogP) is 4.97. The Kier molecular flexibility index (Phi) is 4.00. The van der Waals surface area contributed by atoms with Gasteiger partial charge in [-0.05, 0) is 23.8 Å². The molecule has 0 saturated carbocycles. The molecule has 0 bridgehead atoms. The third-order valence-electron chi connectivity index (χ3n) is 2.61. The van der Waals surface area contributed by atoms with Crippen LogP contribution < -0.4 is 5.32 Å². The van der Waals surface area contributed by atoms with E-state index in [2.05, 4.69) is 5.32 Å². The molecule has 0 aliphatic carbocycles. The van der Waals surface area contributed by atoms with Crippen molar-refractivity contribution in [2.24, 2.45) is 0 Å². The van der Waals surface area contributed by atoms with Crippen LogP contribution in [0.25, 0.3) is 0 Å². The van der Waals surface area contributed by atoms with Gasteiger partial charge in [0.2, 0.25) is 0 Å². The number of alkyl halides is 3. The Hall–Kier alpha value is -1.68. The van der Waals surface area contributed by atoms with Crippen molar-refractivity contribution in [3.8, 4) is 0 Å². The molecule has 0 atom stereocenters. The number of hydrogen-bond acceptors (Lipinski definition) is 1. The first-order valence-corrected chi connectivity index (χ1v) is 5.99. The maximum Gasteiger partial charge on any atom is 0.418 e. The van der Waals surface area contributed by atoms with E-state index in [4.69, 9.17) is 11.6 Å². The first-order chi connectivity index (χ1) is 8.97. The summed E-state index contributed by atoms with van der Waals surface area (Å²) in [5.74, 6) is 0. The van der Waals surface area contributed by atoms with E-state index in [-0.39, 0.29) is 10.7 Å². The summed E-state index contributed by atoms with van der Waals surface area (Å²) in [5.41, 5.74) is 0.183. The molecule has 2 aromatic carbocycles. The first kappa shape index (κ1) is 13.7. The van der Waals surface area contributed by atoms with Crippen LogP contribution in [0.3, 0.4) is 0 Å². The molecule has 1 N–H and O–H groups in total. The Morgan fingerprint density at radius 1 is 1.00 bits per heavy atom. The van der Waals surface area contributed by atoms with Crippen LogP contribution in [0.2, 0.25) is 5.02 Å². The average molecular weight is 286 g/mol. The zero-order chi connectivity index (χ0) is 13.9. The zero-order valence-corrected chi connectivity index (χ0v) is 10.6. The molecule has 100 valence electrons. The molecule has 0 spiro atoms. The van der Waals surface area contributed by atoms with Gasteiger partial charge in [0.25, 0.3) is 0 Å². The Morgan fingerprint density at radius 2 is 1.68 bits per heavy atom. The van der Waals surface area contributed by atoms with Crippen molar-refractivity contribution in [1.29, 1.82) is 0 Å². The van der Waals surface area contributed by atoms with Gasteiger partial charge in [0.1, 0.15) is 0 Å². The maximum absolute atomic E-state index is 12.9. The second kappa shape index (κ2) is 5.53. The fraction of sp³-hybridized carbons (Fsp3) is 0.143. The van der Waals surface area contributed by atoms with Crippen LogP contribution in [0, 0.1) is 0 Å². The minimum Gasteiger partial charge on any atom is -0.380 e. The van der Waals surface area contributed by atoms with Gasteiger partial charge in [0.15, 0.2) is 0 Å². The molecule has 0 aliphatic heterocycles. The zero-order valence-electron chi connectivity index (χ0n) is 9.84. The lowest BCUT2D eigenvalue weighted by Gasteiger charge is -2.15. The molecule has 0 aliphatic rings. The standard InChI is InChI=1S/C14H11ClF3N/c15-11-6-7-13(12(8-11)14(16,17)18)19-9-10-4-2-1-3-5-10/h1-8,19H,9H2. The van der Waals surface area contributed by atoms with Crippen molar-refractivity contribution >= 4 is 17.3 Å². The van der Waals surface area contributed by atoms with Gasteiger partial charge in [-0.25, -0.2) is 0 Å². The van der Waals surface area contributed by atoms with Crippen LogP contribution in [0.15, 0.2) is 48.5 Å². The second-order valence-electron chi connectivity index (χ2n) is 4.03. The van der Waals surface area contributed by atoms with Crippen molar-refractivity contribution in [1.82, 2.24) is 0 Å². The number of benzene rings is 2. The number of rotatable bonds is 3. The van der Waals surface area contributed by atoms with Gasteiger partial charge in [-0.2, -0.15) is 13.2 Å². The number of nitrogens with one attached hydrogen (secondary N) is 1. The smallest absolute Gasteiger partial charge is 0.380 e. The minimum absolute atomic E-state index is 0.0285. The quantitative estimate of drug-likeness (QED) is 0.839. The van der Waals surface area contributed by atoms with E-state index in [1.807, 2.05) is 30.3 Å². The molecule has 0 radical (unpaired) electrons. The van der Waals surface area contributed by atoms with E-state index >= 15 is 0 Å². The molecule has 5 heteroatoms. The van der Waals surface area contributed by atoms with Crippen molar-refractivity contribution in [3.63, 3.8) is 0 Å². The molecule has 0 fully saturated rings. The number of hydrogen-bond donors (Lipinski definition) is 1. The van der Waals surface area contributed by atoms with Gasteiger partial charge in [0, 0.05) is 17.3 Å². The number of anilines is 1. The van der Waals surface area contributed by atoms with Crippen LogP contribution in [0.1, 0.15) is 11.1 Å². The summed E-state index contributed by atoms with van der Waals surface area (Å²) in [5, 5.41) is 2.85. The van der Waals surface area contributed by atoms with Crippen LogP contribution >= 0.6 is 11.6 Å². The Balaban J connectivity index is 2.21. The highest BCUT2D eigenvalue weighted by molar-refractivity contribution is 6.30. The summed E-state index contributed by atoms with van der Waals surface area (Å²) >= 11 is 5.61. The molecule has 2 rings (SSSR count). The van der Waals surface area contributed by atoms with Crippen molar-refractivity contribution in [3.05, 3.63) is 64.7 Å². The summed E-state index contributed by atoms with van der Waals surface area (Å²) in [6.45, 7) is 0.325. The molecular weight excluding hydrogens is 275 g/mol. The van der Waals surface area contributed by atoms with Gasteiger partial charge < -0.3 is 5.32 Å². The fourth-order valence-corrected chi connectivity index (χ4v) is 1.87. The van der Waals surface area contributed by atoms with Crippen LogP contribution in [-0.2, 0) is 12.7 Å². The van der Waals surface area contributed by atoms with Gasteiger partial charge in [0.05, 0.1) is 5.56 Å². The first-order valence-electron chi connectivity index (χ1n) is 5.61. The molecule has 0 aromatic heterocycles. The Labute approximate surface area is 114 Å². The molecule has 0 unspecified atom stereocenters. The van der Waals surface area contributed by atoms with E-state index in [0.717, 1.165) is 11.6 Å². The molecule has 0 heterocycles. The third-order valence-corrected chi connectivity index (χ3v) is 2.85. The van der Waals surface area contributed by atoms with Gasteiger partial charge in [-0.1, -0.05) is 41.9 Å². The van der Waals surface area contributed by atoms with Gasteiger partial charge in [-0.3, -0.25) is 0 Å². The predicted molar refractivity (Wildman–Crippen MR) is 70.2 cm³/mol. The highest BCUT2D eigenvalue weighted by Crippen LogP contribution is 2.36. The lowest BCUT2D eigenvalue weighted by atomic mass is 10.1. The lowest BCUT2D eigenvalue weighted by Crippen LogP contribution is -2.10. The van der Waals surface area contributed by atoms with E-state index < -0.39 is 11.7 Å². The fourth-order valence-electron chi connectivity index (χ4n) is 1.70. The summed E-state index contributed by atoms with van der Waals surface area (Å²) in [4.78, 5) is 0. The van der Waals surface area contributed by atoms with E-state index in [0.29, 0.717) is 6.54 Å². The molecule has 0 amide bonds. The highest BCUT2D eigenvalue weighted by Gasteiger charge is 2.33. The van der Waals surface area contributed by atoms with Crippen LogP contribution in [-0.4, -0.2) is 0 Å². The van der Waals surface area contributed by atoms with Crippen LogP contribution in [0.5, 0.6) is 0 Å². The van der Waals surface area contributed by atoms with E-state index in [9.17, 15) is 13.2 Å². The second-order valence-corrected chi connectivity index (χ2v) is 4.46. The summed E-state index contributed by atoms with van der Waals surface area (Å²) in [7, 11) is 0. The van der Waals surface area contributed by atoms with E-state index in [1.54, 1.807) is 0 Å². The summed E-state index contributed by atoms with van der Waals surface area (Å²) < 4.78 is 38.6. The largest absolute Gasteiger partial charge is 0.418 e. The highest BCUT2D eigenvalue weighted by atomic mass is 35.5. The Bertz CT molecular complexity index is 552. The molecule has 0 saturated heterocycles. The van der Waals surface area contributed by atoms with Crippen molar-refractivity contribution in [2.45, 2.75) is 12.7 Å². The molecule has 2 aromatic rings. The monoisotopic (exact) mass is 285 g/mol. The molecule has 1 nitrogen and oxygen atoms in total. The van der Waals surface area contributed by atoms with Crippen molar-refractivity contribution in [2.75, 3.05) is 5.32 Å². The average Bonchev–Trinajstić information content (AvgIpc) is 2.37. The molecular formula is C14H11ClF3N. The normalized spacial score (nSPS) is 11.4.